The molecule has 24 heavy (non-hydrogen) atoms. The summed E-state index contributed by atoms with van der Waals surface area (Å²) in [5, 5.41) is 0. The standard InChI is InChI=1S/C15H12F3NO4S/c1-10(20)11-2-8-14(9-3-11)24(21,22)19-12-4-6-13(7-5-12)23-15(16,17)18/h2-9,19H,1H3. The maximum Gasteiger partial charge on any atom is 0.573 e. The molecule has 2 aromatic carbocycles. The highest BCUT2D eigenvalue weighted by Crippen LogP contribution is 2.25. The molecule has 128 valence electrons. The number of carbonyl (C=O) groups is 1. The summed E-state index contributed by atoms with van der Waals surface area (Å²) in [5.74, 6) is -0.664. The van der Waals surface area contributed by atoms with Gasteiger partial charge in [-0.25, -0.2) is 8.42 Å². The van der Waals surface area contributed by atoms with E-state index in [1.165, 1.54) is 31.2 Å². The fourth-order valence-electron chi connectivity index (χ4n) is 1.81. The van der Waals surface area contributed by atoms with E-state index in [1.807, 2.05) is 0 Å². The van der Waals surface area contributed by atoms with E-state index >= 15 is 0 Å². The molecule has 0 amide bonds. The van der Waals surface area contributed by atoms with Crippen molar-refractivity contribution < 1.29 is 31.1 Å². The quantitative estimate of drug-likeness (QED) is 0.828. The average Bonchev–Trinajstić information content (AvgIpc) is 2.47. The van der Waals surface area contributed by atoms with Crippen molar-refractivity contribution in [3.63, 3.8) is 0 Å². The molecule has 0 heterocycles. The summed E-state index contributed by atoms with van der Waals surface area (Å²) in [6.45, 7) is 1.35. The Morgan fingerprint density at radius 1 is 1.00 bits per heavy atom. The first-order chi connectivity index (χ1) is 11.1. The van der Waals surface area contributed by atoms with Crippen molar-refractivity contribution >= 4 is 21.5 Å². The monoisotopic (exact) mass is 359 g/mol. The van der Waals surface area contributed by atoms with Crippen LogP contribution in [-0.2, 0) is 10.0 Å². The van der Waals surface area contributed by atoms with Crippen LogP contribution in [0.2, 0.25) is 0 Å². The molecule has 0 bridgehead atoms. The van der Waals surface area contributed by atoms with Crippen molar-refractivity contribution in [2.75, 3.05) is 4.72 Å². The lowest BCUT2D eigenvalue weighted by Crippen LogP contribution is -2.17. The fourth-order valence-corrected chi connectivity index (χ4v) is 2.87. The van der Waals surface area contributed by atoms with Gasteiger partial charge in [0.05, 0.1) is 4.90 Å². The maximum atomic E-state index is 12.2. The third kappa shape index (κ3) is 4.72. The van der Waals surface area contributed by atoms with Crippen molar-refractivity contribution in [1.29, 1.82) is 0 Å². The Hall–Kier alpha value is -2.55. The van der Waals surface area contributed by atoms with Crippen molar-refractivity contribution in [3.8, 4) is 5.75 Å². The van der Waals surface area contributed by atoms with E-state index in [4.69, 9.17) is 0 Å². The topological polar surface area (TPSA) is 72.5 Å². The first-order valence-corrected chi connectivity index (χ1v) is 8.05. The Morgan fingerprint density at radius 2 is 1.54 bits per heavy atom. The summed E-state index contributed by atoms with van der Waals surface area (Å²) in [7, 11) is -3.93. The molecule has 9 heteroatoms. The van der Waals surface area contributed by atoms with Crippen LogP contribution >= 0.6 is 0 Å². The van der Waals surface area contributed by atoms with E-state index in [0.717, 1.165) is 24.3 Å². The number of halogens is 3. The number of Topliss-reactive ketones (excluding diaryl/α,β-unsaturated/α-hetero) is 1. The molecular formula is C15H12F3NO4S. The Balaban J connectivity index is 2.15. The number of hydrogen-bond donors (Lipinski definition) is 1. The molecule has 0 aliphatic heterocycles. The Morgan fingerprint density at radius 3 is 2.00 bits per heavy atom. The van der Waals surface area contributed by atoms with E-state index in [1.54, 1.807) is 0 Å². The van der Waals surface area contributed by atoms with Crippen LogP contribution in [0.25, 0.3) is 0 Å². The first kappa shape index (κ1) is 17.8. The predicted octanol–water partition coefficient (Wildman–Crippen LogP) is 3.59. The van der Waals surface area contributed by atoms with Gasteiger partial charge in [0.2, 0.25) is 0 Å². The van der Waals surface area contributed by atoms with Crippen LogP contribution in [0.15, 0.2) is 53.4 Å². The molecule has 0 radical (unpaired) electrons. The molecular weight excluding hydrogens is 347 g/mol. The van der Waals surface area contributed by atoms with Gasteiger partial charge < -0.3 is 4.74 Å². The van der Waals surface area contributed by atoms with E-state index in [2.05, 4.69) is 9.46 Å². The second-order valence-electron chi connectivity index (χ2n) is 4.76. The molecule has 0 saturated carbocycles. The minimum atomic E-state index is -4.82. The van der Waals surface area contributed by atoms with Crippen molar-refractivity contribution in [1.82, 2.24) is 0 Å². The number of rotatable bonds is 5. The van der Waals surface area contributed by atoms with Crippen LogP contribution < -0.4 is 9.46 Å². The summed E-state index contributed by atoms with van der Waals surface area (Å²) in [5.41, 5.74) is 0.433. The van der Waals surface area contributed by atoms with Crippen LogP contribution in [0.5, 0.6) is 5.75 Å². The number of ketones is 1. The minimum absolute atomic E-state index is 0.0696. The molecule has 5 nitrogen and oxygen atoms in total. The highest BCUT2D eigenvalue weighted by molar-refractivity contribution is 7.92. The van der Waals surface area contributed by atoms with E-state index in [-0.39, 0.29) is 16.4 Å². The van der Waals surface area contributed by atoms with Crippen LogP contribution in [0.1, 0.15) is 17.3 Å². The molecule has 0 aliphatic carbocycles. The number of benzene rings is 2. The van der Waals surface area contributed by atoms with Gasteiger partial charge in [0.1, 0.15) is 5.75 Å². The van der Waals surface area contributed by atoms with Gasteiger partial charge in [-0.05, 0) is 43.3 Å². The summed E-state index contributed by atoms with van der Waals surface area (Å²) in [4.78, 5) is 11.1. The Labute approximate surface area is 136 Å². The molecule has 0 saturated heterocycles. The van der Waals surface area contributed by atoms with Gasteiger partial charge in [-0.1, -0.05) is 12.1 Å². The van der Waals surface area contributed by atoms with Gasteiger partial charge in [-0.2, -0.15) is 0 Å². The van der Waals surface area contributed by atoms with E-state index in [0.29, 0.717) is 5.56 Å². The highest BCUT2D eigenvalue weighted by Gasteiger charge is 2.31. The molecule has 0 spiro atoms. The number of hydrogen-bond acceptors (Lipinski definition) is 4. The lowest BCUT2D eigenvalue weighted by molar-refractivity contribution is -0.274. The lowest BCUT2D eigenvalue weighted by atomic mass is 10.2. The number of alkyl halides is 3. The van der Waals surface area contributed by atoms with Gasteiger partial charge in [0.15, 0.2) is 5.78 Å². The largest absolute Gasteiger partial charge is 0.573 e. The molecule has 2 rings (SSSR count). The smallest absolute Gasteiger partial charge is 0.406 e. The minimum Gasteiger partial charge on any atom is -0.406 e. The molecule has 0 fully saturated rings. The van der Waals surface area contributed by atoms with Crippen LogP contribution in [0, 0.1) is 0 Å². The number of sulfonamides is 1. The van der Waals surface area contributed by atoms with Crippen LogP contribution in [-0.4, -0.2) is 20.6 Å². The van der Waals surface area contributed by atoms with Crippen molar-refractivity contribution in [3.05, 3.63) is 54.1 Å². The number of anilines is 1. The normalized spacial score (nSPS) is 11.8. The second-order valence-corrected chi connectivity index (χ2v) is 6.44. The fraction of sp³-hybridized carbons (Fsp3) is 0.133. The predicted molar refractivity (Wildman–Crippen MR) is 80.4 cm³/mol. The Bertz CT molecular complexity index is 829. The SMILES string of the molecule is CC(=O)c1ccc(S(=O)(=O)Nc2ccc(OC(F)(F)F)cc2)cc1. The zero-order valence-electron chi connectivity index (χ0n) is 12.3. The average molecular weight is 359 g/mol. The zero-order chi connectivity index (χ0) is 18.0. The van der Waals surface area contributed by atoms with E-state index in [9.17, 15) is 26.4 Å². The van der Waals surface area contributed by atoms with Gasteiger partial charge in [0.25, 0.3) is 10.0 Å². The summed E-state index contributed by atoms with van der Waals surface area (Å²) in [6, 6.07) is 9.54. The van der Waals surface area contributed by atoms with Crippen LogP contribution in [0.3, 0.4) is 0 Å². The molecule has 0 aromatic heterocycles. The van der Waals surface area contributed by atoms with Crippen molar-refractivity contribution in [2.45, 2.75) is 18.2 Å². The van der Waals surface area contributed by atoms with Gasteiger partial charge in [-0.3, -0.25) is 9.52 Å². The number of ether oxygens (including phenoxy) is 1. The zero-order valence-corrected chi connectivity index (χ0v) is 13.1. The van der Waals surface area contributed by atoms with Gasteiger partial charge in [-0.15, -0.1) is 13.2 Å². The van der Waals surface area contributed by atoms with E-state index < -0.39 is 22.1 Å². The molecule has 0 unspecified atom stereocenters. The number of carbonyl (C=O) groups excluding carboxylic acids is 1. The third-order valence-electron chi connectivity index (χ3n) is 2.91. The highest BCUT2D eigenvalue weighted by atomic mass is 32.2. The summed E-state index contributed by atoms with van der Waals surface area (Å²) < 4.78 is 66.5. The molecule has 0 atom stereocenters. The summed E-state index contributed by atoms with van der Waals surface area (Å²) in [6.07, 6.45) is -4.82. The number of nitrogens with one attached hydrogen (secondary N) is 1. The van der Waals surface area contributed by atoms with Crippen LogP contribution in [0.4, 0.5) is 18.9 Å². The summed E-state index contributed by atoms with van der Waals surface area (Å²) >= 11 is 0. The molecule has 0 aliphatic rings. The van der Waals surface area contributed by atoms with Gasteiger partial charge >= 0.3 is 6.36 Å². The molecule has 2 aromatic rings. The third-order valence-corrected chi connectivity index (χ3v) is 4.31. The maximum absolute atomic E-state index is 12.2. The first-order valence-electron chi connectivity index (χ1n) is 6.56. The second kappa shape index (κ2) is 6.52. The lowest BCUT2D eigenvalue weighted by Gasteiger charge is -2.11. The molecule has 1 N–H and O–H groups in total. The van der Waals surface area contributed by atoms with Crippen molar-refractivity contribution in [2.24, 2.45) is 0 Å². The van der Waals surface area contributed by atoms with Gasteiger partial charge in [0, 0.05) is 11.3 Å². The Kier molecular flexibility index (Phi) is 4.83.